The predicted molar refractivity (Wildman–Crippen MR) is 56.8 cm³/mol. The molecule has 0 spiro atoms. The van der Waals surface area contributed by atoms with E-state index in [0.717, 1.165) is 24.9 Å². The summed E-state index contributed by atoms with van der Waals surface area (Å²) in [4.78, 5) is 0. The molecule has 0 aromatic carbocycles. The van der Waals surface area contributed by atoms with Crippen molar-refractivity contribution in [1.29, 1.82) is 0 Å². The van der Waals surface area contributed by atoms with E-state index in [2.05, 4.69) is 23.2 Å². The maximum Gasteiger partial charge on any atom is 0.0613 e. The normalized spacial score (nSPS) is 42.4. The molecule has 15 heavy (non-hydrogen) atoms. The monoisotopic (exact) mass is 234 g/mol. The molecule has 2 unspecified atom stereocenters. The zero-order valence-electron chi connectivity index (χ0n) is 9.10. The molecule has 0 saturated heterocycles. The Kier molecular flexibility index (Phi) is 3.03. The molecule has 2 aliphatic rings. The molecule has 0 aromatic heterocycles. The van der Waals surface area contributed by atoms with Gasteiger partial charge >= 0.3 is 0 Å². The van der Waals surface area contributed by atoms with E-state index in [1.165, 1.54) is 6.42 Å². The van der Waals surface area contributed by atoms with Crippen LogP contribution >= 0.6 is 12.0 Å². The molecule has 2 fully saturated rings. The number of hydrogen-bond acceptors (Lipinski definition) is 5. The second-order valence-corrected chi connectivity index (χ2v) is 5.93. The molecule has 3 atom stereocenters. The number of rotatable bonds is 4. The second kappa shape index (κ2) is 3.89. The summed E-state index contributed by atoms with van der Waals surface area (Å²) in [5, 5.41) is 21.8. The van der Waals surface area contributed by atoms with Crippen LogP contribution in [0.3, 0.4) is 0 Å². The topological polar surface area (TPSA) is 58.9 Å². The molecule has 2 aliphatic carbocycles. The Morgan fingerprint density at radius 2 is 2.20 bits per heavy atom. The minimum absolute atomic E-state index is 0.0825. The van der Waals surface area contributed by atoms with Gasteiger partial charge in [-0.25, -0.2) is 5.26 Å². The summed E-state index contributed by atoms with van der Waals surface area (Å²) in [6.07, 6.45) is 2.87. The largest absolute Gasteiger partial charge is 0.392 e. The number of fused-ring (bicyclic) bond motifs is 2. The van der Waals surface area contributed by atoms with Crippen LogP contribution < -0.4 is 0 Å². The van der Waals surface area contributed by atoms with Gasteiger partial charge in [0.25, 0.3) is 0 Å². The zero-order valence-corrected chi connectivity index (χ0v) is 9.92. The van der Waals surface area contributed by atoms with Crippen LogP contribution in [-0.4, -0.2) is 22.2 Å². The Morgan fingerprint density at radius 1 is 1.47 bits per heavy atom. The van der Waals surface area contributed by atoms with Gasteiger partial charge in [-0.3, -0.25) is 0 Å². The Hall–Kier alpha value is 0.190. The fraction of sp³-hybridized carbons (Fsp3) is 1.00. The van der Waals surface area contributed by atoms with Gasteiger partial charge in [0.15, 0.2) is 0 Å². The van der Waals surface area contributed by atoms with Crippen LogP contribution in [0.5, 0.6) is 0 Å². The molecule has 0 heterocycles. The highest BCUT2D eigenvalue weighted by Gasteiger charge is 2.63. The van der Waals surface area contributed by atoms with E-state index in [-0.39, 0.29) is 16.9 Å². The minimum Gasteiger partial charge on any atom is -0.392 e. The van der Waals surface area contributed by atoms with Crippen molar-refractivity contribution in [3.63, 3.8) is 0 Å². The van der Waals surface area contributed by atoms with Gasteiger partial charge in [0.2, 0.25) is 0 Å². The first kappa shape index (κ1) is 11.7. The van der Waals surface area contributed by atoms with Crippen LogP contribution in [-0.2, 0) is 9.37 Å². The number of aliphatic hydroxyl groups is 1. The van der Waals surface area contributed by atoms with E-state index in [9.17, 15) is 5.11 Å². The number of hydrogen-bond donors (Lipinski definition) is 2. The van der Waals surface area contributed by atoms with Crippen molar-refractivity contribution in [2.75, 3.05) is 5.75 Å². The lowest BCUT2D eigenvalue weighted by molar-refractivity contribution is -0.432. The summed E-state index contributed by atoms with van der Waals surface area (Å²) in [5.74, 6) is 1.28. The Labute approximate surface area is 94.0 Å². The lowest BCUT2D eigenvalue weighted by atomic mass is 9.70. The molecule has 2 bridgehead atoms. The molecule has 0 amide bonds. The third-order valence-electron chi connectivity index (χ3n) is 4.78. The Balaban J connectivity index is 2.09. The average molecular weight is 234 g/mol. The first-order valence-electron chi connectivity index (χ1n) is 5.32. The highest BCUT2D eigenvalue weighted by Crippen LogP contribution is 2.66. The van der Waals surface area contributed by atoms with Gasteiger partial charge in [0.05, 0.1) is 6.10 Å². The maximum absolute atomic E-state index is 10.1. The van der Waals surface area contributed by atoms with E-state index in [0.29, 0.717) is 11.7 Å². The Morgan fingerprint density at radius 3 is 2.67 bits per heavy atom. The van der Waals surface area contributed by atoms with Crippen molar-refractivity contribution < 1.29 is 19.7 Å². The molecule has 0 aromatic rings. The summed E-state index contributed by atoms with van der Waals surface area (Å²) in [6.45, 7) is 4.45. The first-order valence-corrected chi connectivity index (χ1v) is 6.23. The van der Waals surface area contributed by atoms with Gasteiger partial charge in [-0.1, -0.05) is 18.9 Å². The molecule has 5 heteroatoms. The van der Waals surface area contributed by atoms with Crippen LogP contribution in [0.4, 0.5) is 0 Å². The fourth-order valence-corrected chi connectivity index (χ4v) is 4.54. The van der Waals surface area contributed by atoms with Crippen LogP contribution in [0.1, 0.15) is 33.1 Å². The Bertz CT molecular complexity index is 246. The molecule has 0 radical (unpaired) electrons. The van der Waals surface area contributed by atoms with Crippen LogP contribution in [0.15, 0.2) is 0 Å². The van der Waals surface area contributed by atoms with Gasteiger partial charge in [0, 0.05) is 23.2 Å². The lowest BCUT2D eigenvalue weighted by Gasteiger charge is -2.39. The van der Waals surface area contributed by atoms with Crippen molar-refractivity contribution in [1.82, 2.24) is 0 Å². The third-order valence-corrected chi connectivity index (χ3v) is 5.57. The highest BCUT2D eigenvalue weighted by molar-refractivity contribution is 7.94. The van der Waals surface area contributed by atoms with Gasteiger partial charge < -0.3 is 5.11 Å². The summed E-state index contributed by atoms with van der Waals surface area (Å²) >= 11 is 1.07. The van der Waals surface area contributed by atoms with E-state index in [1.807, 2.05) is 0 Å². The second-order valence-electron chi connectivity index (χ2n) is 5.27. The van der Waals surface area contributed by atoms with Crippen molar-refractivity contribution in [2.24, 2.45) is 16.7 Å². The molecule has 2 rings (SSSR count). The maximum atomic E-state index is 10.1. The minimum atomic E-state index is -0.249. The van der Waals surface area contributed by atoms with Gasteiger partial charge in [-0.05, 0) is 30.6 Å². The van der Waals surface area contributed by atoms with Crippen LogP contribution in [0.2, 0.25) is 0 Å². The molecule has 4 nitrogen and oxygen atoms in total. The fourth-order valence-electron chi connectivity index (χ4n) is 3.53. The van der Waals surface area contributed by atoms with E-state index >= 15 is 0 Å². The first-order chi connectivity index (χ1) is 7.04. The highest BCUT2D eigenvalue weighted by atomic mass is 32.2. The predicted octanol–water partition coefficient (Wildman–Crippen LogP) is 2.24. The summed E-state index contributed by atoms with van der Waals surface area (Å²) in [6, 6.07) is 0. The number of aliphatic hydroxyl groups excluding tert-OH is 1. The van der Waals surface area contributed by atoms with E-state index in [1.54, 1.807) is 0 Å². The van der Waals surface area contributed by atoms with Gasteiger partial charge in [-0.2, -0.15) is 0 Å². The van der Waals surface area contributed by atoms with E-state index < -0.39 is 0 Å². The standard InChI is InChI=1S/C10H18O4S/c1-9(2)7-3-4-10(9,8(11)5-7)6-15-14-13-12/h7-8,11-12H,3-6H2,1-2H3/t7?,8?,10-/m1/s1. The van der Waals surface area contributed by atoms with Crippen molar-refractivity contribution >= 4 is 12.0 Å². The van der Waals surface area contributed by atoms with Gasteiger partial charge in [-0.15, -0.1) is 4.33 Å². The summed E-state index contributed by atoms with van der Waals surface area (Å²) < 4.78 is 4.44. The zero-order chi connectivity index (χ0) is 11.1. The lowest BCUT2D eigenvalue weighted by Crippen LogP contribution is -2.41. The summed E-state index contributed by atoms with van der Waals surface area (Å²) in [7, 11) is 0. The molecule has 2 saturated carbocycles. The quantitative estimate of drug-likeness (QED) is 0.338. The van der Waals surface area contributed by atoms with Crippen molar-refractivity contribution in [2.45, 2.75) is 39.2 Å². The SMILES string of the molecule is CC1(C)C2CC[C@@]1(CSOOO)C(O)C2. The third kappa shape index (κ3) is 1.52. The van der Waals surface area contributed by atoms with Crippen LogP contribution in [0, 0.1) is 16.7 Å². The molecular weight excluding hydrogens is 216 g/mol. The molecular formula is C10H18O4S. The molecule has 2 N–H and O–H groups in total. The molecule has 88 valence electrons. The molecule has 0 aliphatic heterocycles. The van der Waals surface area contributed by atoms with Gasteiger partial charge in [0.1, 0.15) is 0 Å². The van der Waals surface area contributed by atoms with Crippen molar-refractivity contribution in [3.8, 4) is 0 Å². The smallest absolute Gasteiger partial charge is 0.0613 e. The average Bonchev–Trinajstić information content (AvgIpc) is 2.52. The van der Waals surface area contributed by atoms with E-state index in [4.69, 9.17) is 5.26 Å². The van der Waals surface area contributed by atoms with Crippen molar-refractivity contribution in [3.05, 3.63) is 0 Å². The van der Waals surface area contributed by atoms with Crippen LogP contribution in [0.25, 0.3) is 0 Å². The summed E-state index contributed by atoms with van der Waals surface area (Å²) in [5.41, 5.74) is 0.0685.